The molecular formula is C28H24N4O4. The number of ether oxygens (including phenoxy) is 2. The van der Waals surface area contributed by atoms with Gasteiger partial charge in [0.1, 0.15) is 0 Å². The van der Waals surface area contributed by atoms with Crippen LogP contribution in [0.4, 0.5) is 10.5 Å². The lowest BCUT2D eigenvalue weighted by Crippen LogP contribution is -2.39. The minimum Gasteiger partial charge on any atom is -0.454 e. The molecule has 180 valence electrons. The van der Waals surface area contributed by atoms with Crippen molar-refractivity contribution < 1.29 is 19.1 Å². The van der Waals surface area contributed by atoms with E-state index in [1.807, 2.05) is 47.4 Å². The van der Waals surface area contributed by atoms with Crippen LogP contribution in [0.15, 0.2) is 72.8 Å². The van der Waals surface area contributed by atoms with Crippen molar-refractivity contribution >= 4 is 34.6 Å². The number of hydrogen-bond donors (Lipinski definition) is 3. The molecule has 8 heteroatoms. The van der Waals surface area contributed by atoms with Crippen molar-refractivity contribution in [2.75, 3.05) is 18.7 Å². The third-order valence-corrected chi connectivity index (χ3v) is 6.63. The number of aromatic amines is 1. The molecule has 0 saturated heterocycles. The second-order valence-corrected chi connectivity index (χ2v) is 8.80. The SMILES string of the molecule is NC(=O)Nc1ccc(C=CC(=O)N2CCc3c([nH]c4ccccc34)C2c2ccc3c(c2)OCO3)cc1. The first-order valence-corrected chi connectivity index (χ1v) is 11.7. The fourth-order valence-corrected chi connectivity index (χ4v) is 4.99. The van der Waals surface area contributed by atoms with E-state index < -0.39 is 6.03 Å². The summed E-state index contributed by atoms with van der Waals surface area (Å²) in [7, 11) is 0. The summed E-state index contributed by atoms with van der Waals surface area (Å²) in [6.07, 6.45) is 4.12. The number of aromatic nitrogens is 1. The Hall–Kier alpha value is -4.72. The summed E-state index contributed by atoms with van der Waals surface area (Å²) in [5.41, 5.74) is 10.9. The quantitative estimate of drug-likeness (QED) is 0.372. The Morgan fingerprint density at radius 3 is 2.67 bits per heavy atom. The highest BCUT2D eigenvalue weighted by molar-refractivity contribution is 5.94. The number of rotatable bonds is 4. The van der Waals surface area contributed by atoms with Crippen LogP contribution in [-0.2, 0) is 11.2 Å². The molecule has 4 N–H and O–H groups in total. The van der Waals surface area contributed by atoms with Gasteiger partial charge in [-0.05, 0) is 59.5 Å². The number of hydrogen-bond acceptors (Lipinski definition) is 4. The van der Waals surface area contributed by atoms with E-state index in [2.05, 4.69) is 22.4 Å². The van der Waals surface area contributed by atoms with Crippen molar-refractivity contribution in [1.29, 1.82) is 0 Å². The van der Waals surface area contributed by atoms with Crippen LogP contribution < -0.4 is 20.5 Å². The number of H-pyrrole nitrogens is 1. The molecule has 0 saturated carbocycles. The summed E-state index contributed by atoms with van der Waals surface area (Å²) >= 11 is 0. The second-order valence-electron chi connectivity index (χ2n) is 8.80. The third kappa shape index (κ3) is 3.92. The highest BCUT2D eigenvalue weighted by Gasteiger charge is 2.34. The molecule has 3 aromatic carbocycles. The van der Waals surface area contributed by atoms with Gasteiger partial charge in [-0.15, -0.1) is 0 Å². The van der Waals surface area contributed by atoms with Gasteiger partial charge in [0.05, 0.1) is 6.04 Å². The number of carbonyl (C=O) groups excluding carboxylic acids is 2. The maximum absolute atomic E-state index is 13.5. The number of anilines is 1. The first-order chi connectivity index (χ1) is 17.6. The Kier molecular flexibility index (Phi) is 5.33. The number of amides is 3. The molecule has 3 heterocycles. The Balaban J connectivity index is 1.34. The van der Waals surface area contributed by atoms with E-state index in [9.17, 15) is 9.59 Å². The summed E-state index contributed by atoms with van der Waals surface area (Å²) in [6, 6.07) is 20.3. The van der Waals surface area contributed by atoms with Crippen molar-refractivity contribution in [1.82, 2.24) is 9.88 Å². The number of nitrogens with zero attached hydrogens (tertiary/aromatic N) is 1. The molecule has 1 atom stereocenters. The standard InChI is InChI=1S/C28H24N4O4/c29-28(34)30-19-9-5-17(6-10-19)7-12-25(33)32-14-13-21-20-3-1-2-4-22(20)31-26(21)27(32)18-8-11-23-24(15-18)36-16-35-23/h1-12,15,27,31H,13-14,16H2,(H3,29,30,34). The molecule has 2 aliphatic rings. The first kappa shape index (κ1) is 21.8. The van der Waals surface area contributed by atoms with Crippen molar-refractivity contribution in [3.8, 4) is 11.5 Å². The number of nitrogens with one attached hydrogen (secondary N) is 2. The number of carbonyl (C=O) groups is 2. The van der Waals surface area contributed by atoms with E-state index in [-0.39, 0.29) is 18.7 Å². The second kappa shape index (κ2) is 8.81. The van der Waals surface area contributed by atoms with E-state index in [1.165, 1.54) is 10.9 Å². The number of fused-ring (bicyclic) bond motifs is 4. The normalized spacial score (nSPS) is 16.3. The topological polar surface area (TPSA) is 110 Å². The number of primary amides is 1. The monoisotopic (exact) mass is 480 g/mol. The average Bonchev–Trinajstić information content (AvgIpc) is 3.51. The van der Waals surface area contributed by atoms with Crippen LogP contribution in [0.2, 0.25) is 0 Å². The molecule has 8 nitrogen and oxygen atoms in total. The maximum Gasteiger partial charge on any atom is 0.316 e. The van der Waals surface area contributed by atoms with Gasteiger partial charge in [0.25, 0.3) is 0 Å². The Labute approximate surface area is 207 Å². The molecule has 2 aliphatic heterocycles. The maximum atomic E-state index is 13.5. The zero-order valence-electron chi connectivity index (χ0n) is 19.4. The van der Waals surface area contributed by atoms with Gasteiger partial charge < -0.3 is 30.4 Å². The van der Waals surface area contributed by atoms with E-state index in [0.717, 1.165) is 28.8 Å². The predicted octanol–water partition coefficient (Wildman–Crippen LogP) is 4.57. The van der Waals surface area contributed by atoms with Crippen molar-refractivity contribution in [3.05, 3.63) is 95.2 Å². The molecule has 4 aromatic rings. The highest BCUT2D eigenvalue weighted by Crippen LogP contribution is 2.42. The predicted molar refractivity (Wildman–Crippen MR) is 137 cm³/mol. The minimum absolute atomic E-state index is 0.0960. The molecule has 1 unspecified atom stereocenters. The Morgan fingerprint density at radius 1 is 1.03 bits per heavy atom. The largest absolute Gasteiger partial charge is 0.454 e. The molecule has 0 spiro atoms. The van der Waals surface area contributed by atoms with Gasteiger partial charge in [-0.1, -0.05) is 36.4 Å². The van der Waals surface area contributed by atoms with Gasteiger partial charge in [-0.3, -0.25) is 4.79 Å². The van der Waals surface area contributed by atoms with Crippen molar-refractivity contribution in [3.63, 3.8) is 0 Å². The zero-order chi connectivity index (χ0) is 24.6. The molecule has 0 aliphatic carbocycles. The number of nitrogens with two attached hydrogens (primary N) is 1. The highest BCUT2D eigenvalue weighted by atomic mass is 16.7. The van der Waals surface area contributed by atoms with Crippen LogP contribution in [0.3, 0.4) is 0 Å². The summed E-state index contributed by atoms with van der Waals surface area (Å²) in [6.45, 7) is 0.777. The van der Waals surface area contributed by atoms with E-state index in [1.54, 1.807) is 24.3 Å². The lowest BCUT2D eigenvalue weighted by atomic mass is 9.92. The van der Waals surface area contributed by atoms with E-state index >= 15 is 0 Å². The fraction of sp³-hybridized carbons (Fsp3) is 0.143. The van der Waals surface area contributed by atoms with Gasteiger partial charge >= 0.3 is 6.03 Å². The molecule has 6 rings (SSSR count). The molecule has 0 fully saturated rings. The van der Waals surface area contributed by atoms with Crippen LogP contribution in [0.1, 0.15) is 28.4 Å². The molecule has 0 bridgehead atoms. The first-order valence-electron chi connectivity index (χ1n) is 11.7. The zero-order valence-corrected chi connectivity index (χ0v) is 19.4. The molecule has 36 heavy (non-hydrogen) atoms. The number of urea groups is 1. The lowest BCUT2D eigenvalue weighted by molar-refractivity contribution is -0.128. The molecule has 3 amide bonds. The summed E-state index contributed by atoms with van der Waals surface area (Å²) in [5, 5.41) is 3.71. The molecule has 0 radical (unpaired) electrons. The van der Waals surface area contributed by atoms with Gasteiger partial charge in [0.15, 0.2) is 11.5 Å². The van der Waals surface area contributed by atoms with Gasteiger partial charge in [0.2, 0.25) is 12.7 Å². The Bertz CT molecular complexity index is 1510. The van der Waals surface area contributed by atoms with Crippen molar-refractivity contribution in [2.45, 2.75) is 12.5 Å². The van der Waals surface area contributed by atoms with Crippen molar-refractivity contribution in [2.24, 2.45) is 5.73 Å². The molecular weight excluding hydrogens is 456 g/mol. The van der Waals surface area contributed by atoms with Crippen LogP contribution in [-0.4, -0.2) is 35.2 Å². The van der Waals surface area contributed by atoms with Gasteiger partial charge in [-0.2, -0.15) is 0 Å². The van der Waals surface area contributed by atoms with Crippen LogP contribution in [0.5, 0.6) is 11.5 Å². The smallest absolute Gasteiger partial charge is 0.316 e. The fourth-order valence-electron chi connectivity index (χ4n) is 4.99. The van der Waals surface area contributed by atoms with Gasteiger partial charge in [-0.25, -0.2) is 4.79 Å². The minimum atomic E-state index is -0.621. The van der Waals surface area contributed by atoms with E-state index in [4.69, 9.17) is 15.2 Å². The average molecular weight is 481 g/mol. The number of para-hydroxylation sites is 1. The van der Waals surface area contributed by atoms with E-state index in [0.29, 0.717) is 23.7 Å². The summed E-state index contributed by atoms with van der Waals surface area (Å²) < 4.78 is 11.1. The summed E-state index contributed by atoms with van der Waals surface area (Å²) in [4.78, 5) is 30.0. The number of benzene rings is 3. The van der Waals surface area contributed by atoms with Crippen LogP contribution in [0.25, 0.3) is 17.0 Å². The third-order valence-electron chi connectivity index (χ3n) is 6.63. The van der Waals surface area contributed by atoms with Crippen LogP contribution >= 0.6 is 0 Å². The summed E-state index contributed by atoms with van der Waals surface area (Å²) in [5.74, 6) is 1.29. The lowest BCUT2D eigenvalue weighted by Gasteiger charge is -2.35. The Morgan fingerprint density at radius 2 is 1.83 bits per heavy atom. The van der Waals surface area contributed by atoms with Gasteiger partial charge in [0, 0.05) is 34.9 Å². The molecule has 1 aromatic heterocycles. The van der Waals surface area contributed by atoms with Crippen LogP contribution in [0, 0.1) is 0 Å².